The van der Waals surface area contributed by atoms with E-state index >= 15 is 0 Å². The Morgan fingerprint density at radius 3 is 2.62 bits per heavy atom. The molecule has 0 spiro atoms. The number of anilines is 1. The highest BCUT2D eigenvalue weighted by Crippen LogP contribution is 2.30. The maximum Gasteiger partial charge on any atom is 0.282 e. The van der Waals surface area contributed by atoms with Crippen molar-refractivity contribution in [3.8, 4) is 11.5 Å². The zero-order valence-electron chi connectivity index (χ0n) is 15.2. The van der Waals surface area contributed by atoms with Gasteiger partial charge in [-0.15, -0.1) is 0 Å². The molecular formula is C19H23ClFN2O3+. The summed E-state index contributed by atoms with van der Waals surface area (Å²) in [6.07, 6.45) is 0. The monoisotopic (exact) mass is 381 g/mol. The summed E-state index contributed by atoms with van der Waals surface area (Å²) in [7, 11) is 5.08. The molecule has 7 heteroatoms. The summed E-state index contributed by atoms with van der Waals surface area (Å²) in [6.45, 7) is 2.38. The van der Waals surface area contributed by atoms with Gasteiger partial charge in [0, 0.05) is 0 Å². The van der Waals surface area contributed by atoms with E-state index in [9.17, 15) is 9.18 Å². The Morgan fingerprint density at radius 2 is 2.00 bits per heavy atom. The summed E-state index contributed by atoms with van der Waals surface area (Å²) in [4.78, 5) is 13.5. The van der Waals surface area contributed by atoms with Crippen LogP contribution in [0.4, 0.5) is 10.1 Å². The van der Waals surface area contributed by atoms with Crippen LogP contribution in [-0.4, -0.2) is 33.2 Å². The zero-order valence-corrected chi connectivity index (χ0v) is 16.0. The number of rotatable bonds is 7. The van der Waals surface area contributed by atoms with Gasteiger partial charge in [0.05, 0.1) is 37.5 Å². The summed E-state index contributed by atoms with van der Waals surface area (Å²) in [5, 5.41) is 2.91. The molecule has 140 valence electrons. The molecule has 2 N–H and O–H groups in total. The van der Waals surface area contributed by atoms with Crippen LogP contribution in [-0.2, 0) is 11.3 Å². The van der Waals surface area contributed by atoms with Crippen LogP contribution in [0.5, 0.6) is 11.5 Å². The van der Waals surface area contributed by atoms with Gasteiger partial charge in [0.25, 0.3) is 5.91 Å². The Bertz CT molecular complexity index is 785. The fourth-order valence-corrected chi connectivity index (χ4v) is 2.82. The van der Waals surface area contributed by atoms with Crippen LogP contribution in [0, 0.1) is 5.82 Å². The van der Waals surface area contributed by atoms with Crippen LogP contribution in [0.2, 0.25) is 5.02 Å². The summed E-state index contributed by atoms with van der Waals surface area (Å²) < 4.78 is 23.9. The van der Waals surface area contributed by atoms with E-state index < -0.39 is 5.82 Å². The molecule has 5 nitrogen and oxygen atoms in total. The van der Waals surface area contributed by atoms with Crippen LogP contribution in [0.15, 0.2) is 36.4 Å². The Hall–Kier alpha value is -2.31. The lowest BCUT2D eigenvalue weighted by molar-refractivity contribution is -0.907. The molecule has 0 saturated carbocycles. The van der Waals surface area contributed by atoms with Gasteiger partial charge in [0.2, 0.25) is 0 Å². The summed E-state index contributed by atoms with van der Waals surface area (Å²) in [5.74, 6) is 0.642. The first-order valence-electron chi connectivity index (χ1n) is 8.15. The number of para-hydroxylation sites is 1. The average molecular weight is 382 g/mol. The van der Waals surface area contributed by atoms with Gasteiger partial charge in [0.1, 0.15) is 12.4 Å². The molecule has 0 radical (unpaired) electrons. The predicted molar refractivity (Wildman–Crippen MR) is 99.6 cm³/mol. The van der Waals surface area contributed by atoms with Gasteiger partial charge in [-0.2, -0.15) is 0 Å². The van der Waals surface area contributed by atoms with Crippen LogP contribution < -0.4 is 19.7 Å². The maximum absolute atomic E-state index is 13.1. The predicted octanol–water partition coefficient (Wildman–Crippen LogP) is 2.54. The number of quaternary nitrogens is 1. The quantitative estimate of drug-likeness (QED) is 0.775. The van der Waals surface area contributed by atoms with Gasteiger partial charge < -0.3 is 19.7 Å². The average Bonchev–Trinajstić information content (AvgIpc) is 2.62. The molecule has 2 aromatic rings. The Balaban J connectivity index is 2.09. The highest BCUT2D eigenvalue weighted by molar-refractivity contribution is 6.33. The fourth-order valence-electron chi connectivity index (χ4n) is 2.60. The minimum Gasteiger partial charge on any atom is -0.493 e. The SMILES string of the molecule is COc1cccc(C[NH+](C)[C@H](C)C(=O)Nc2ccc(F)cc2Cl)c1OC. The molecule has 0 aromatic heterocycles. The molecule has 0 aliphatic carbocycles. The van der Waals surface area contributed by atoms with Crippen molar-refractivity contribution < 1.29 is 23.6 Å². The van der Waals surface area contributed by atoms with Crippen LogP contribution in [0.3, 0.4) is 0 Å². The Labute approximate surface area is 157 Å². The molecule has 0 aliphatic rings. The molecule has 0 saturated heterocycles. The number of carbonyl (C=O) groups excluding carboxylic acids is 1. The number of benzene rings is 2. The van der Waals surface area contributed by atoms with Crippen molar-refractivity contribution in [1.29, 1.82) is 0 Å². The third-order valence-electron chi connectivity index (χ3n) is 4.28. The summed E-state index contributed by atoms with van der Waals surface area (Å²) in [5.41, 5.74) is 1.32. The molecule has 26 heavy (non-hydrogen) atoms. The van der Waals surface area contributed by atoms with E-state index in [-0.39, 0.29) is 17.0 Å². The maximum atomic E-state index is 13.1. The topological polar surface area (TPSA) is 52.0 Å². The molecule has 0 heterocycles. The number of hydrogen-bond acceptors (Lipinski definition) is 3. The smallest absolute Gasteiger partial charge is 0.282 e. The fraction of sp³-hybridized carbons (Fsp3) is 0.316. The van der Waals surface area contributed by atoms with E-state index in [0.29, 0.717) is 23.7 Å². The Morgan fingerprint density at radius 1 is 1.27 bits per heavy atom. The third-order valence-corrected chi connectivity index (χ3v) is 4.59. The van der Waals surface area contributed by atoms with Crippen LogP contribution >= 0.6 is 11.6 Å². The van der Waals surface area contributed by atoms with Gasteiger partial charge in [-0.3, -0.25) is 4.79 Å². The van der Waals surface area contributed by atoms with Crippen molar-refractivity contribution in [2.24, 2.45) is 0 Å². The van der Waals surface area contributed by atoms with Gasteiger partial charge in [-0.05, 0) is 37.3 Å². The van der Waals surface area contributed by atoms with E-state index in [2.05, 4.69) is 5.32 Å². The molecule has 2 aromatic carbocycles. The second kappa shape index (κ2) is 8.87. The largest absolute Gasteiger partial charge is 0.493 e. The molecule has 2 atom stereocenters. The molecule has 0 bridgehead atoms. The van der Waals surface area contributed by atoms with E-state index in [4.69, 9.17) is 21.1 Å². The lowest BCUT2D eigenvalue weighted by Crippen LogP contribution is -3.12. The molecule has 1 unspecified atom stereocenters. The standard InChI is InChI=1S/C19H22ClFN2O3/c1-12(19(24)22-16-9-8-14(21)10-15(16)20)23(2)11-13-6-5-7-17(25-3)18(13)26-4/h5-10,12H,11H2,1-4H3,(H,22,24)/p+1/t12-/m1/s1. The first-order chi connectivity index (χ1) is 12.4. The minimum atomic E-state index is -0.450. The number of methoxy groups -OCH3 is 2. The second-order valence-corrected chi connectivity index (χ2v) is 6.42. The number of nitrogens with one attached hydrogen (secondary N) is 2. The number of halogens is 2. The van der Waals surface area contributed by atoms with Gasteiger partial charge in [-0.25, -0.2) is 4.39 Å². The van der Waals surface area contributed by atoms with Crippen molar-refractivity contribution in [3.05, 3.63) is 52.8 Å². The van der Waals surface area contributed by atoms with Crippen LogP contribution in [0.1, 0.15) is 12.5 Å². The van der Waals surface area contributed by atoms with Crippen molar-refractivity contribution in [1.82, 2.24) is 0 Å². The molecule has 1 amide bonds. The number of amides is 1. The van der Waals surface area contributed by atoms with Crippen molar-refractivity contribution in [3.63, 3.8) is 0 Å². The van der Waals surface area contributed by atoms with Crippen molar-refractivity contribution in [2.75, 3.05) is 26.6 Å². The molecular weight excluding hydrogens is 359 g/mol. The molecule has 0 fully saturated rings. The van der Waals surface area contributed by atoms with E-state index in [1.165, 1.54) is 18.2 Å². The van der Waals surface area contributed by atoms with Gasteiger partial charge in [0.15, 0.2) is 17.5 Å². The number of carbonyl (C=O) groups is 1. The number of ether oxygens (including phenoxy) is 2. The second-order valence-electron chi connectivity index (χ2n) is 6.01. The van der Waals surface area contributed by atoms with Gasteiger partial charge >= 0.3 is 0 Å². The minimum absolute atomic E-state index is 0.165. The third kappa shape index (κ3) is 4.65. The highest BCUT2D eigenvalue weighted by atomic mass is 35.5. The lowest BCUT2D eigenvalue weighted by Gasteiger charge is -2.22. The first-order valence-corrected chi connectivity index (χ1v) is 8.53. The van der Waals surface area contributed by atoms with Crippen molar-refractivity contribution >= 4 is 23.2 Å². The van der Waals surface area contributed by atoms with Crippen molar-refractivity contribution in [2.45, 2.75) is 19.5 Å². The Kier molecular flexibility index (Phi) is 6.83. The summed E-state index contributed by atoms with van der Waals surface area (Å²) >= 11 is 5.97. The van der Waals surface area contributed by atoms with E-state index in [1.807, 2.05) is 32.2 Å². The first kappa shape index (κ1) is 20.0. The van der Waals surface area contributed by atoms with Gasteiger partial charge in [-0.1, -0.05) is 17.7 Å². The zero-order chi connectivity index (χ0) is 19.3. The van der Waals surface area contributed by atoms with E-state index in [0.717, 1.165) is 10.5 Å². The number of hydrogen-bond donors (Lipinski definition) is 2. The summed E-state index contributed by atoms with van der Waals surface area (Å²) in [6, 6.07) is 9.14. The number of likely N-dealkylation sites (N-methyl/N-ethyl adjacent to an activating group) is 1. The highest BCUT2D eigenvalue weighted by Gasteiger charge is 2.24. The molecule has 0 aliphatic heterocycles. The van der Waals surface area contributed by atoms with Crippen LogP contribution in [0.25, 0.3) is 0 Å². The normalized spacial score (nSPS) is 13.0. The molecule has 2 rings (SSSR count). The lowest BCUT2D eigenvalue weighted by atomic mass is 10.1. The van der Waals surface area contributed by atoms with E-state index in [1.54, 1.807) is 14.2 Å².